The van der Waals surface area contributed by atoms with E-state index >= 15 is 0 Å². The number of benzene rings is 1. The van der Waals surface area contributed by atoms with Gasteiger partial charge in [-0.25, -0.2) is 9.67 Å². The molecule has 0 spiro atoms. The first-order chi connectivity index (χ1) is 8.81. The molecule has 0 aliphatic rings. The van der Waals surface area contributed by atoms with Gasteiger partial charge < -0.3 is 10.1 Å². The van der Waals surface area contributed by atoms with E-state index in [-0.39, 0.29) is 0 Å². The van der Waals surface area contributed by atoms with Crippen LogP contribution in [0.15, 0.2) is 30.6 Å². The molecule has 0 atom stereocenters. The fourth-order valence-electron chi connectivity index (χ4n) is 1.69. The Hall–Kier alpha value is -1.88. The average Bonchev–Trinajstić information content (AvgIpc) is 2.84. The Morgan fingerprint density at radius 2 is 2.28 bits per heavy atom. The summed E-state index contributed by atoms with van der Waals surface area (Å²) in [5.74, 6) is 1.68. The average molecular weight is 246 g/mol. The van der Waals surface area contributed by atoms with Gasteiger partial charge in [0.2, 0.25) is 0 Å². The van der Waals surface area contributed by atoms with Crippen molar-refractivity contribution < 1.29 is 4.74 Å². The van der Waals surface area contributed by atoms with E-state index in [1.807, 2.05) is 28.9 Å². The molecule has 96 valence electrons. The molecule has 1 N–H and O–H groups in total. The second-order valence-corrected chi connectivity index (χ2v) is 3.99. The van der Waals surface area contributed by atoms with Crippen LogP contribution in [0, 0.1) is 0 Å². The molecular weight excluding hydrogens is 228 g/mol. The molecule has 0 saturated carbocycles. The van der Waals surface area contributed by atoms with Crippen molar-refractivity contribution in [3.8, 4) is 5.75 Å². The highest BCUT2D eigenvalue weighted by molar-refractivity contribution is 5.28. The fourth-order valence-corrected chi connectivity index (χ4v) is 1.69. The quantitative estimate of drug-likeness (QED) is 0.838. The lowest BCUT2D eigenvalue weighted by molar-refractivity contribution is 0.414. The lowest BCUT2D eigenvalue weighted by atomic mass is 10.2. The molecule has 0 amide bonds. The van der Waals surface area contributed by atoms with Gasteiger partial charge in [0.15, 0.2) is 5.82 Å². The first-order valence-corrected chi connectivity index (χ1v) is 6.03. The molecule has 1 aromatic heterocycles. The smallest absolute Gasteiger partial charge is 0.164 e. The third-order valence-corrected chi connectivity index (χ3v) is 2.60. The molecule has 1 aromatic carbocycles. The Morgan fingerprint density at radius 1 is 1.39 bits per heavy atom. The molecule has 2 aromatic rings. The van der Waals surface area contributed by atoms with E-state index in [1.165, 1.54) is 0 Å². The lowest BCUT2D eigenvalue weighted by Crippen LogP contribution is -2.13. The summed E-state index contributed by atoms with van der Waals surface area (Å²) in [5, 5.41) is 7.60. The van der Waals surface area contributed by atoms with Crippen LogP contribution in [0.25, 0.3) is 0 Å². The molecule has 1 heterocycles. The number of rotatable bonds is 6. The van der Waals surface area contributed by atoms with Crippen LogP contribution in [0.4, 0.5) is 0 Å². The zero-order valence-electron chi connectivity index (χ0n) is 10.8. The summed E-state index contributed by atoms with van der Waals surface area (Å²) in [7, 11) is 1.67. The molecule has 5 nitrogen and oxygen atoms in total. The van der Waals surface area contributed by atoms with E-state index in [2.05, 4.69) is 22.3 Å². The fraction of sp³-hybridized carbons (Fsp3) is 0.385. The van der Waals surface area contributed by atoms with Crippen molar-refractivity contribution in [2.24, 2.45) is 0 Å². The first kappa shape index (κ1) is 12.6. The van der Waals surface area contributed by atoms with Gasteiger partial charge in [-0.3, -0.25) is 0 Å². The Kier molecular flexibility index (Phi) is 4.30. The molecule has 0 aliphatic heterocycles. The predicted octanol–water partition coefficient (Wildman–Crippen LogP) is 1.44. The number of hydrogen-bond donors (Lipinski definition) is 1. The van der Waals surface area contributed by atoms with Crippen LogP contribution in [0.5, 0.6) is 5.75 Å². The van der Waals surface area contributed by atoms with Gasteiger partial charge >= 0.3 is 0 Å². The Morgan fingerprint density at radius 3 is 3.06 bits per heavy atom. The van der Waals surface area contributed by atoms with Crippen molar-refractivity contribution in [1.82, 2.24) is 20.1 Å². The van der Waals surface area contributed by atoms with Crippen molar-refractivity contribution in [1.29, 1.82) is 0 Å². The van der Waals surface area contributed by atoms with Crippen molar-refractivity contribution in [3.05, 3.63) is 42.0 Å². The molecule has 2 rings (SSSR count). The normalized spacial score (nSPS) is 10.6. The van der Waals surface area contributed by atoms with Crippen LogP contribution >= 0.6 is 0 Å². The number of ether oxygens (including phenoxy) is 1. The van der Waals surface area contributed by atoms with Crippen LogP contribution in [0.3, 0.4) is 0 Å². The van der Waals surface area contributed by atoms with Gasteiger partial charge in [-0.15, -0.1) is 0 Å². The summed E-state index contributed by atoms with van der Waals surface area (Å²) >= 11 is 0. The number of nitrogens with one attached hydrogen (secondary N) is 1. The van der Waals surface area contributed by atoms with E-state index < -0.39 is 0 Å². The highest BCUT2D eigenvalue weighted by Crippen LogP contribution is 2.13. The number of nitrogens with zero attached hydrogens (tertiary/aromatic N) is 3. The van der Waals surface area contributed by atoms with Crippen LogP contribution in [0.1, 0.15) is 18.3 Å². The zero-order chi connectivity index (χ0) is 12.8. The van der Waals surface area contributed by atoms with Crippen LogP contribution in [-0.4, -0.2) is 28.4 Å². The Labute approximate surface area is 107 Å². The maximum Gasteiger partial charge on any atom is 0.164 e. The van der Waals surface area contributed by atoms with Gasteiger partial charge in [-0.05, 0) is 24.2 Å². The van der Waals surface area contributed by atoms with E-state index in [0.29, 0.717) is 13.1 Å². The van der Waals surface area contributed by atoms with Crippen molar-refractivity contribution in [3.63, 3.8) is 0 Å². The molecule has 0 bridgehead atoms. The van der Waals surface area contributed by atoms with Crippen molar-refractivity contribution in [2.45, 2.75) is 20.0 Å². The molecule has 5 heteroatoms. The number of aromatic nitrogens is 3. The van der Waals surface area contributed by atoms with Crippen LogP contribution in [0.2, 0.25) is 0 Å². The van der Waals surface area contributed by atoms with E-state index in [4.69, 9.17) is 4.74 Å². The molecule has 0 unspecified atom stereocenters. The Balaban J connectivity index is 2.01. The van der Waals surface area contributed by atoms with Gasteiger partial charge in [-0.1, -0.05) is 19.1 Å². The zero-order valence-corrected chi connectivity index (χ0v) is 10.8. The van der Waals surface area contributed by atoms with Crippen LogP contribution in [-0.2, 0) is 13.1 Å². The summed E-state index contributed by atoms with van der Waals surface area (Å²) < 4.78 is 7.03. The third kappa shape index (κ3) is 3.30. The summed E-state index contributed by atoms with van der Waals surface area (Å²) in [5.41, 5.74) is 1.15. The number of hydrogen-bond acceptors (Lipinski definition) is 4. The van der Waals surface area contributed by atoms with Gasteiger partial charge in [0.1, 0.15) is 12.1 Å². The molecule has 0 radical (unpaired) electrons. The lowest BCUT2D eigenvalue weighted by Gasteiger charge is -2.04. The van der Waals surface area contributed by atoms with E-state index in [0.717, 1.165) is 23.7 Å². The van der Waals surface area contributed by atoms with Crippen molar-refractivity contribution in [2.75, 3.05) is 13.7 Å². The molecule has 0 saturated heterocycles. The summed E-state index contributed by atoms with van der Waals surface area (Å²) in [4.78, 5) is 4.25. The second-order valence-electron chi connectivity index (χ2n) is 3.99. The maximum atomic E-state index is 5.20. The summed E-state index contributed by atoms with van der Waals surface area (Å²) in [6.07, 6.45) is 1.76. The van der Waals surface area contributed by atoms with Crippen LogP contribution < -0.4 is 10.1 Å². The van der Waals surface area contributed by atoms with Crippen molar-refractivity contribution >= 4 is 0 Å². The topological polar surface area (TPSA) is 52.0 Å². The van der Waals surface area contributed by atoms with Gasteiger partial charge in [-0.2, -0.15) is 5.10 Å². The second kappa shape index (κ2) is 6.16. The third-order valence-electron chi connectivity index (χ3n) is 2.60. The minimum atomic E-state index is 0.705. The maximum absolute atomic E-state index is 5.20. The summed E-state index contributed by atoms with van der Waals surface area (Å²) in [6, 6.07) is 7.96. The molecule has 18 heavy (non-hydrogen) atoms. The highest BCUT2D eigenvalue weighted by Gasteiger charge is 2.02. The standard InChI is InChI=1S/C13H18N4O/c1-3-14-8-13-15-10-17(16-13)9-11-5-4-6-12(7-11)18-2/h4-7,10,14H,3,8-9H2,1-2H3. The Bertz CT molecular complexity index is 495. The van der Waals surface area contributed by atoms with Gasteiger partial charge in [0.25, 0.3) is 0 Å². The SMILES string of the molecule is CCNCc1ncn(Cc2cccc(OC)c2)n1. The minimum Gasteiger partial charge on any atom is -0.497 e. The predicted molar refractivity (Wildman–Crippen MR) is 69.5 cm³/mol. The first-order valence-electron chi connectivity index (χ1n) is 6.03. The van der Waals surface area contributed by atoms with Gasteiger partial charge in [0.05, 0.1) is 20.2 Å². The monoisotopic (exact) mass is 246 g/mol. The van der Waals surface area contributed by atoms with E-state index in [1.54, 1.807) is 13.4 Å². The largest absolute Gasteiger partial charge is 0.497 e. The van der Waals surface area contributed by atoms with E-state index in [9.17, 15) is 0 Å². The molecular formula is C13H18N4O. The minimum absolute atomic E-state index is 0.705. The molecule has 0 aliphatic carbocycles. The van der Waals surface area contributed by atoms with Gasteiger partial charge in [0, 0.05) is 0 Å². The highest BCUT2D eigenvalue weighted by atomic mass is 16.5. The summed E-state index contributed by atoms with van der Waals surface area (Å²) in [6.45, 7) is 4.40. The molecule has 0 fully saturated rings. The number of methoxy groups -OCH3 is 1.